The zero-order valence-electron chi connectivity index (χ0n) is 6.58. The molecule has 0 bridgehead atoms. The predicted molar refractivity (Wildman–Crippen MR) is 45.9 cm³/mol. The predicted octanol–water partition coefficient (Wildman–Crippen LogP) is 3.25. The molecule has 1 nitrogen and oxygen atoms in total. The van der Waals surface area contributed by atoms with Gasteiger partial charge in [-0.1, -0.05) is 37.3 Å². The largest absolute Gasteiger partial charge is 0.289 e. The molecule has 0 aliphatic rings. The van der Waals surface area contributed by atoms with Crippen molar-refractivity contribution in [2.75, 3.05) is 0 Å². The first-order valence-electron chi connectivity index (χ1n) is 3.77. The molecule has 1 aromatic carbocycles. The van der Waals surface area contributed by atoms with Crippen LogP contribution in [0.2, 0.25) is 0 Å². The number of allylic oxidation sites excluding steroid dienone is 1. The molecule has 0 aromatic heterocycles. The molecular formula is C10H11O. The number of benzene rings is 1. The number of hydrogen-bond donors (Lipinski definition) is 0. The van der Waals surface area contributed by atoms with Gasteiger partial charge in [0.15, 0.2) is 5.75 Å². The molecular weight excluding hydrogens is 136 g/mol. The Labute approximate surface area is 67.0 Å². The summed E-state index contributed by atoms with van der Waals surface area (Å²) in [5.74, 6) is 0.0946. The maximum absolute atomic E-state index is 11.1. The molecule has 0 saturated heterocycles. The molecule has 0 heterocycles. The summed E-state index contributed by atoms with van der Waals surface area (Å²) in [7, 11) is 0. The molecule has 0 spiro atoms. The van der Waals surface area contributed by atoms with E-state index in [0.29, 0.717) is 0 Å². The van der Waals surface area contributed by atoms with Crippen molar-refractivity contribution in [3.05, 3.63) is 35.9 Å². The third-order valence-electron chi connectivity index (χ3n) is 1.45. The Morgan fingerprint density at radius 1 is 1.36 bits per heavy atom. The van der Waals surface area contributed by atoms with Crippen molar-refractivity contribution in [2.24, 2.45) is 0 Å². The lowest BCUT2D eigenvalue weighted by molar-refractivity contribution is 0.354. The van der Waals surface area contributed by atoms with E-state index in [0.717, 1.165) is 12.0 Å². The SMILES string of the molecule is CC/C=C/c1ccccc1[O]. The summed E-state index contributed by atoms with van der Waals surface area (Å²) in [6, 6.07) is 7.03. The summed E-state index contributed by atoms with van der Waals surface area (Å²) in [5.41, 5.74) is 0.773. The van der Waals surface area contributed by atoms with Gasteiger partial charge in [-0.05, 0) is 12.5 Å². The van der Waals surface area contributed by atoms with Crippen molar-refractivity contribution < 1.29 is 5.11 Å². The van der Waals surface area contributed by atoms with Gasteiger partial charge >= 0.3 is 0 Å². The van der Waals surface area contributed by atoms with Crippen LogP contribution >= 0.6 is 0 Å². The lowest BCUT2D eigenvalue weighted by atomic mass is 10.2. The quantitative estimate of drug-likeness (QED) is 0.612. The van der Waals surface area contributed by atoms with Crippen molar-refractivity contribution in [1.82, 2.24) is 0 Å². The van der Waals surface area contributed by atoms with Crippen molar-refractivity contribution in [3.63, 3.8) is 0 Å². The Morgan fingerprint density at radius 2 is 2.09 bits per heavy atom. The third-order valence-corrected chi connectivity index (χ3v) is 1.45. The van der Waals surface area contributed by atoms with Crippen LogP contribution in [0.5, 0.6) is 5.75 Å². The average Bonchev–Trinajstić information content (AvgIpc) is 2.03. The highest BCUT2D eigenvalue weighted by Crippen LogP contribution is 2.17. The van der Waals surface area contributed by atoms with E-state index in [1.54, 1.807) is 12.1 Å². The molecule has 0 aliphatic heterocycles. The van der Waals surface area contributed by atoms with Crippen LogP contribution in [0.4, 0.5) is 0 Å². The van der Waals surface area contributed by atoms with Crippen LogP contribution in [0.3, 0.4) is 0 Å². The van der Waals surface area contributed by atoms with Crippen LogP contribution in [0.1, 0.15) is 18.9 Å². The van der Waals surface area contributed by atoms with Crippen molar-refractivity contribution in [3.8, 4) is 5.75 Å². The number of rotatable bonds is 2. The molecule has 0 aliphatic carbocycles. The smallest absolute Gasteiger partial charge is 0.185 e. The lowest BCUT2D eigenvalue weighted by Crippen LogP contribution is -1.70. The first-order chi connectivity index (χ1) is 5.34. The van der Waals surface area contributed by atoms with E-state index in [1.807, 2.05) is 31.2 Å². The Kier molecular flexibility index (Phi) is 2.73. The zero-order chi connectivity index (χ0) is 8.10. The van der Waals surface area contributed by atoms with E-state index in [-0.39, 0.29) is 5.75 Å². The van der Waals surface area contributed by atoms with Crippen molar-refractivity contribution in [2.45, 2.75) is 13.3 Å². The van der Waals surface area contributed by atoms with Crippen molar-refractivity contribution >= 4 is 6.08 Å². The first kappa shape index (κ1) is 7.86. The molecule has 1 radical (unpaired) electrons. The van der Waals surface area contributed by atoms with Crippen molar-refractivity contribution in [1.29, 1.82) is 0 Å². The standard InChI is InChI=1S/C10H11O/c1-2-3-6-9-7-4-5-8-10(9)11/h3-8H,2H2,1H3/b6-3+. The minimum absolute atomic E-state index is 0.0946. The van der Waals surface area contributed by atoms with E-state index >= 15 is 0 Å². The van der Waals surface area contributed by atoms with E-state index in [9.17, 15) is 5.11 Å². The maximum Gasteiger partial charge on any atom is 0.185 e. The maximum atomic E-state index is 11.1. The van der Waals surface area contributed by atoms with E-state index in [4.69, 9.17) is 0 Å². The van der Waals surface area contributed by atoms with Gasteiger partial charge in [-0.3, -0.25) is 5.11 Å². The Bertz CT molecular complexity index is 251. The fourth-order valence-electron chi connectivity index (χ4n) is 0.863. The minimum Gasteiger partial charge on any atom is -0.289 e. The second-order valence-corrected chi connectivity index (χ2v) is 2.35. The molecule has 1 heteroatoms. The zero-order valence-corrected chi connectivity index (χ0v) is 6.58. The molecule has 0 unspecified atom stereocenters. The van der Waals surface area contributed by atoms with Gasteiger partial charge in [0.1, 0.15) is 0 Å². The van der Waals surface area contributed by atoms with Crippen LogP contribution in [0.25, 0.3) is 6.08 Å². The monoisotopic (exact) mass is 147 g/mol. The van der Waals surface area contributed by atoms with Crippen LogP contribution < -0.4 is 0 Å². The first-order valence-corrected chi connectivity index (χ1v) is 3.77. The van der Waals surface area contributed by atoms with E-state index < -0.39 is 0 Å². The molecule has 1 rings (SSSR count). The van der Waals surface area contributed by atoms with Gasteiger partial charge < -0.3 is 0 Å². The average molecular weight is 147 g/mol. The summed E-state index contributed by atoms with van der Waals surface area (Å²) in [4.78, 5) is 0. The molecule has 0 atom stereocenters. The Balaban J connectivity index is 2.86. The molecule has 11 heavy (non-hydrogen) atoms. The fourth-order valence-corrected chi connectivity index (χ4v) is 0.863. The molecule has 0 amide bonds. The third kappa shape index (κ3) is 2.11. The van der Waals surface area contributed by atoms with Gasteiger partial charge in [-0.2, -0.15) is 0 Å². The minimum atomic E-state index is 0.0946. The van der Waals surface area contributed by atoms with Crippen LogP contribution in [0.15, 0.2) is 30.3 Å². The highest BCUT2D eigenvalue weighted by atomic mass is 16.3. The highest BCUT2D eigenvalue weighted by Gasteiger charge is 1.94. The Hall–Kier alpha value is -1.24. The molecule has 57 valence electrons. The van der Waals surface area contributed by atoms with Gasteiger partial charge in [0.2, 0.25) is 0 Å². The summed E-state index contributed by atoms with van der Waals surface area (Å²) in [6.07, 6.45) is 4.81. The van der Waals surface area contributed by atoms with Gasteiger partial charge in [0, 0.05) is 5.56 Å². The van der Waals surface area contributed by atoms with E-state index in [1.165, 1.54) is 0 Å². The molecule has 0 saturated carbocycles. The highest BCUT2D eigenvalue weighted by molar-refractivity contribution is 5.56. The van der Waals surface area contributed by atoms with Crippen LogP contribution in [-0.2, 0) is 5.11 Å². The van der Waals surface area contributed by atoms with Gasteiger partial charge in [0.05, 0.1) is 0 Å². The number of hydrogen-bond acceptors (Lipinski definition) is 0. The van der Waals surface area contributed by atoms with Crippen LogP contribution in [0, 0.1) is 0 Å². The summed E-state index contributed by atoms with van der Waals surface area (Å²) in [6.45, 7) is 2.05. The summed E-state index contributed by atoms with van der Waals surface area (Å²) >= 11 is 0. The topological polar surface area (TPSA) is 19.9 Å². The summed E-state index contributed by atoms with van der Waals surface area (Å²) in [5, 5.41) is 11.1. The van der Waals surface area contributed by atoms with E-state index in [2.05, 4.69) is 0 Å². The normalized spacial score (nSPS) is 10.6. The molecule has 1 aromatic rings. The summed E-state index contributed by atoms with van der Waals surface area (Å²) < 4.78 is 0. The number of para-hydroxylation sites is 1. The molecule has 0 fully saturated rings. The molecule has 0 N–H and O–H groups in total. The second kappa shape index (κ2) is 3.81. The fraction of sp³-hybridized carbons (Fsp3) is 0.200. The van der Waals surface area contributed by atoms with Gasteiger partial charge in [-0.15, -0.1) is 0 Å². The lowest BCUT2D eigenvalue weighted by Gasteiger charge is -1.92. The van der Waals surface area contributed by atoms with Gasteiger partial charge in [-0.25, -0.2) is 0 Å². The Morgan fingerprint density at radius 3 is 2.73 bits per heavy atom. The van der Waals surface area contributed by atoms with Crippen LogP contribution in [-0.4, -0.2) is 0 Å². The second-order valence-electron chi connectivity index (χ2n) is 2.35. The van der Waals surface area contributed by atoms with Gasteiger partial charge in [0.25, 0.3) is 0 Å².